The number of amides is 1. The summed E-state index contributed by atoms with van der Waals surface area (Å²) in [5.41, 5.74) is 0.476. The minimum absolute atomic E-state index is 0.186. The second-order valence-corrected chi connectivity index (χ2v) is 6.87. The molecule has 0 spiro atoms. The standard InChI is InChI=1S/C22H17ClFN3O2/c23-19-13-27(12-17-7-3-4-8-20(17)24)26-22(19)25-21(28)14-29-18-10-9-15-5-1-2-6-16(15)11-18/h1-11,13H,12,14H2,(H,25,26,28). The van der Waals surface area contributed by atoms with E-state index in [1.807, 2.05) is 42.5 Å². The smallest absolute Gasteiger partial charge is 0.263 e. The van der Waals surface area contributed by atoms with Gasteiger partial charge in [-0.3, -0.25) is 9.48 Å². The molecule has 4 rings (SSSR count). The number of ether oxygens (including phenoxy) is 1. The first-order chi connectivity index (χ1) is 14.1. The lowest BCUT2D eigenvalue weighted by Crippen LogP contribution is -2.20. The molecule has 146 valence electrons. The van der Waals surface area contributed by atoms with Gasteiger partial charge in [-0.25, -0.2) is 4.39 Å². The Hall–Kier alpha value is -3.38. The van der Waals surface area contributed by atoms with E-state index in [0.717, 1.165) is 10.8 Å². The number of fused-ring (bicyclic) bond motifs is 1. The summed E-state index contributed by atoms with van der Waals surface area (Å²) in [6.45, 7) is 0.0185. The van der Waals surface area contributed by atoms with E-state index >= 15 is 0 Å². The summed E-state index contributed by atoms with van der Waals surface area (Å²) in [6.07, 6.45) is 1.54. The molecule has 7 heteroatoms. The zero-order valence-corrected chi connectivity index (χ0v) is 16.1. The third-order valence-electron chi connectivity index (χ3n) is 4.36. The second kappa shape index (κ2) is 8.32. The average molecular weight is 410 g/mol. The molecule has 1 heterocycles. The maximum atomic E-state index is 13.8. The van der Waals surface area contributed by atoms with Crippen LogP contribution in [0, 0.1) is 5.82 Å². The summed E-state index contributed by atoms with van der Waals surface area (Å²) >= 11 is 6.14. The first-order valence-electron chi connectivity index (χ1n) is 8.96. The molecule has 0 aliphatic carbocycles. The van der Waals surface area contributed by atoms with Gasteiger partial charge in [0.25, 0.3) is 5.91 Å². The number of halogens is 2. The summed E-state index contributed by atoms with van der Waals surface area (Å²) in [5.74, 6) is 0.0786. The summed E-state index contributed by atoms with van der Waals surface area (Å²) in [5, 5.41) is 9.22. The topological polar surface area (TPSA) is 56.1 Å². The highest BCUT2D eigenvalue weighted by Gasteiger charge is 2.12. The van der Waals surface area contributed by atoms with Crippen LogP contribution in [0.4, 0.5) is 10.2 Å². The SMILES string of the molecule is O=C(COc1ccc2ccccc2c1)Nc1nn(Cc2ccccc2F)cc1Cl. The van der Waals surface area contributed by atoms with Gasteiger partial charge in [-0.05, 0) is 29.0 Å². The van der Waals surface area contributed by atoms with Crippen molar-refractivity contribution < 1.29 is 13.9 Å². The van der Waals surface area contributed by atoms with E-state index in [9.17, 15) is 9.18 Å². The molecular weight excluding hydrogens is 393 g/mol. The molecule has 0 aliphatic heterocycles. The maximum Gasteiger partial charge on any atom is 0.263 e. The van der Waals surface area contributed by atoms with Crippen molar-refractivity contribution >= 4 is 34.1 Å². The third kappa shape index (κ3) is 4.55. The van der Waals surface area contributed by atoms with Crippen molar-refractivity contribution in [1.29, 1.82) is 0 Å². The maximum absolute atomic E-state index is 13.8. The fraction of sp³-hybridized carbons (Fsp3) is 0.0909. The van der Waals surface area contributed by atoms with Gasteiger partial charge >= 0.3 is 0 Å². The number of hydrogen-bond donors (Lipinski definition) is 1. The molecule has 3 aromatic carbocycles. The minimum Gasteiger partial charge on any atom is -0.484 e. The van der Waals surface area contributed by atoms with Crippen molar-refractivity contribution in [3.8, 4) is 5.75 Å². The van der Waals surface area contributed by atoms with Crippen molar-refractivity contribution in [2.24, 2.45) is 0 Å². The molecule has 0 fully saturated rings. The molecule has 0 unspecified atom stereocenters. The normalized spacial score (nSPS) is 10.8. The molecule has 0 aliphatic rings. The average Bonchev–Trinajstić information content (AvgIpc) is 3.06. The first kappa shape index (κ1) is 19.0. The zero-order valence-electron chi connectivity index (χ0n) is 15.3. The van der Waals surface area contributed by atoms with E-state index in [-0.39, 0.29) is 29.8 Å². The number of nitrogens with one attached hydrogen (secondary N) is 1. The van der Waals surface area contributed by atoms with E-state index in [0.29, 0.717) is 11.3 Å². The minimum atomic E-state index is -0.392. The summed E-state index contributed by atoms with van der Waals surface area (Å²) in [7, 11) is 0. The molecule has 1 N–H and O–H groups in total. The highest BCUT2D eigenvalue weighted by atomic mass is 35.5. The Morgan fingerprint density at radius 3 is 2.66 bits per heavy atom. The first-order valence-corrected chi connectivity index (χ1v) is 9.34. The van der Waals surface area contributed by atoms with Crippen LogP contribution in [0.25, 0.3) is 10.8 Å². The summed E-state index contributed by atoms with van der Waals surface area (Å²) in [6, 6.07) is 19.9. The molecule has 0 saturated carbocycles. The molecule has 1 amide bonds. The van der Waals surface area contributed by atoms with Crippen LogP contribution in [-0.2, 0) is 11.3 Å². The fourth-order valence-corrected chi connectivity index (χ4v) is 3.14. The largest absolute Gasteiger partial charge is 0.484 e. The van der Waals surface area contributed by atoms with Gasteiger partial charge in [-0.15, -0.1) is 0 Å². The highest BCUT2D eigenvalue weighted by molar-refractivity contribution is 6.33. The number of benzene rings is 3. The van der Waals surface area contributed by atoms with Crippen molar-refractivity contribution in [3.05, 3.63) is 89.3 Å². The molecule has 29 heavy (non-hydrogen) atoms. The monoisotopic (exact) mass is 409 g/mol. The van der Waals surface area contributed by atoms with Gasteiger partial charge in [0.05, 0.1) is 6.54 Å². The Morgan fingerprint density at radius 1 is 1.07 bits per heavy atom. The lowest BCUT2D eigenvalue weighted by atomic mass is 10.1. The predicted octanol–water partition coefficient (Wildman–Crippen LogP) is 4.89. The van der Waals surface area contributed by atoms with Crippen LogP contribution in [0.5, 0.6) is 5.75 Å². The molecule has 0 atom stereocenters. The van der Waals surface area contributed by atoms with Crippen LogP contribution >= 0.6 is 11.6 Å². The summed E-state index contributed by atoms with van der Waals surface area (Å²) < 4.78 is 20.8. The molecule has 0 saturated heterocycles. The Labute approximate surface area is 171 Å². The van der Waals surface area contributed by atoms with Crippen LogP contribution in [0.15, 0.2) is 72.9 Å². The van der Waals surface area contributed by atoms with E-state index in [2.05, 4.69) is 10.4 Å². The van der Waals surface area contributed by atoms with Crippen molar-refractivity contribution in [3.63, 3.8) is 0 Å². The molecular formula is C22H17ClFN3O2. The Balaban J connectivity index is 1.38. The second-order valence-electron chi connectivity index (χ2n) is 6.46. The lowest BCUT2D eigenvalue weighted by molar-refractivity contribution is -0.118. The molecule has 5 nitrogen and oxygen atoms in total. The lowest BCUT2D eigenvalue weighted by Gasteiger charge is -2.07. The number of carbonyl (C=O) groups is 1. The van der Waals surface area contributed by atoms with Gasteiger partial charge in [0.2, 0.25) is 0 Å². The Kier molecular flexibility index (Phi) is 5.44. The number of carbonyl (C=O) groups excluding carboxylic acids is 1. The quantitative estimate of drug-likeness (QED) is 0.493. The summed E-state index contributed by atoms with van der Waals surface area (Å²) in [4.78, 5) is 12.2. The van der Waals surface area contributed by atoms with Gasteiger partial charge in [-0.1, -0.05) is 60.1 Å². The van der Waals surface area contributed by atoms with Crippen LogP contribution in [0.1, 0.15) is 5.56 Å². The van der Waals surface area contributed by atoms with E-state index in [1.165, 1.54) is 16.9 Å². The zero-order chi connectivity index (χ0) is 20.2. The van der Waals surface area contributed by atoms with Gasteiger partial charge in [0.1, 0.15) is 16.6 Å². The third-order valence-corrected chi connectivity index (χ3v) is 4.63. The van der Waals surface area contributed by atoms with Crippen LogP contribution < -0.4 is 10.1 Å². The fourth-order valence-electron chi connectivity index (χ4n) is 2.94. The van der Waals surface area contributed by atoms with Crippen LogP contribution in [0.3, 0.4) is 0 Å². The molecule has 0 radical (unpaired) electrons. The Bertz CT molecular complexity index is 1180. The van der Waals surface area contributed by atoms with E-state index in [4.69, 9.17) is 16.3 Å². The van der Waals surface area contributed by atoms with Crippen LogP contribution in [0.2, 0.25) is 5.02 Å². The predicted molar refractivity (Wildman–Crippen MR) is 111 cm³/mol. The number of aromatic nitrogens is 2. The molecule has 1 aromatic heterocycles. The molecule has 4 aromatic rings. The number of nitrogens with zero attached hydrogens (tertiary/aromatic N) is 2. The number of anilines is 1. The van der Waals surface area contributed by atoms with Gasteiger partial charge in [0, 0.05) is 11.8 Å². The van der Waals surface area contributed by atoms with Crippen LogP contribution in [-0.4, -0.2) is 22.3 Å². The Morgan fingerprint density at radius 2 is 1.83 bits per heavy atom. The van der Waals surface area contributed by atoms with Crippen molar-refractivity contribution in [2.45, 2.75) is 6.54 Å². The van der Waals surface area contributed by atoms with E-state index in [1.54, 1.807) is 18.2 Å². The van der Waals surface area contributed by atoms with Gasteiger partial charge in [-0.2, -0.15) is 5.10 Å². The van der Waals surface area contributed by atoms with Gasteiger partial charge in [0.15, 0.2) is 12.4 Å². The highest BCUT2D eigenvalue weighted by Crippen LogP contribution is 2.22. The van der Waals surface area contributed by atoms with E-state index < -0.39 is 5.91 Å². The number of rotatable bonds is 6. The molecule has 0 bridgehead atoms. The number of hydrogen-bond acceptors (Lipinski definition) is 3. The van der Waals surface area contributed by atoms with Crippen molar-refractivity contribution in [1.82, 2.24) is 9.78 Å². The van der Waals surface area contributed by atoms with Gasteiger partial charge < -0.3 is 10.1 Å². The van der Waals surface area contributed by atoms with Crippen molar-refractivity contribution in [2.75, 3.05) is 11.9 Å².